The Morgan fingerprint density at radius 3 is 2.26 bits per heavy atom. The second-order valence-corrected chi connectivity index (χ2v) is 14.9. The Labute approximate surface area is 150 Å². The van der Waals surface area contributed by atoms with Gasteiger partial charge in [0.25, 0.3) is 0 Å². The summed E-state index contributed by atoms with van der Waals surface area (Å²) in [6, 6.07) is 5.56. The molecule has 1 aromatic carbocycles. The van der Waals surface area contributed by atoms with E-state index >= 15 is 0 Å². The molecule has 0 amide bonds. The summed E-state index contributed by atoms with van der Waals surface area (Å²) in [7, 11) is -5.23. The van der Waals surface area contributed by atoms with Crippen molar-refractivity contribution < 1.29 is 12.8 Å². The summed E-state index contributed by atoms with van der Waals surface area (Å²) < 4.78 is 32.8. The minimum absolute atomic E-state index is 0.108. The minimum Gasteiger partial charge on any atom is -0.415 e. The van der Waals surface area contributed by atoms with Crippen molar-refractivity contribution in [2.24, 2.45) is 0 Å². The molecular formula is C16H28BrNO3SSi. The number of benzene rings is 1. The van der Waals surface area contributed by atoms with E-state index in [2.05, 4.69) is 49.8 Å². The van der Waals surface area contributed by atoms with E-state index in [1.165, 1.54) is 10.6 Å². The van der Waals surface area contributed by atoms with Gasteiger partial charge in [-0.25, -0.2) is 8.42 Å². The molecule has 0 fully saturated rings. The number of sulfonamides is 1. The molecule has 0 saturated heterocycles. The zero-order valence-corrected chi connectivity index (χ0v) is 18.5. The molecule has 23 heavy (non-hydrogen) atoms. The monoisotopic (exact) mass is 421 g/mol. The maximum atomic E-state index is 12.2. The molecule has 7 heteroatoms. The first-order valence-corrected chi connectivity index (χ1v) is 13.2. The van der Waals surface area contributed by atoms with Crippen molar-refractivity contribution in [3.63, 3.8) is 0 Å². The minimum atomic E-state index is -3.35. The number of halogens is 1. The normalized spacial score (nSPS) is 13.2. The summed E-state index contributed by atoms with van der Waals surface area (Å²) >= 11 is 3.44. The average Bonchev–Trinajstić information content (AvgIpc) is 2.35. The highest BCUT2D eigenvalue weighted by atomic mass is 79.9. The van der Waals surface area contributed by atoms with E-state index < -0.39 is 18.3 Å². The Kier molecular flexibility index (Phi) is 6.52. The number of anilines is 1. The van der Waals surface area contributed by atoms with Gasteiger partial charge in [-0.2, -0.15) is 0 Å². The van der Waals surface area contributed by atoms with Crippen LogP contribution in [0.3, 0.4) is 0 Å². The van der Waals surface area contributed by atoms with Crippen molar-refractivity contribution >= 4 is 40.0 Å². The summed E-state index contributed by atoms with van der Waals surface area (Å²) in [6.45, 7) is 13.5. The molecule has 0 bridgehead atoms. The topological polar surface area (TPSA) is 46.6 Å². The molecule has 0 radical (unpaired) electrons. The van der Waals surface area contributed by atoms with Gasteiger partial charge in [-0.1, -0.05) is 36.7 Å². The van der Waals surface area contributed by atoms with E-state index in [-0.39, 0.29) is 5.04 Å². The highest BCUT2D eigenvalue weighted by Crippen LogP contribution is 2.36. The summed E-state index contributed by atoms with van der Waals surface area (Å²) in [5.74, 6) is 0. The molecule has 0 atom stereocenters. The summed E-state index contributed by atoms with van der Waals surface area (Å²) in [5.41, 5.74) is 1.67. The van der Waals surface area contributed by atoms with E-state index in [1.807, 2.05) is 25.1 Å². The molecule has 0 unspecified atom stereocenters. The van der Waals surface area contributed by atoms with Crippen LogP contribution < -0.4 is 4.31 Å². The van der Waals surface area contributed by atoms with Gasteiger partial charge in [0.05, 0.1) is 25.1 Å². The zero-order valence-electron chi connectivity index (χ0n) is 15.1. The van der Waals surface area contributed by atoms with Crippen LogP contribution in [-0.2, 0) is 14.4 Å². The lowest BCUT2D eigenvalue weighted by Gasteiger charge is -2.36. The first-order valence-electron chi connectivity index (χ1n) is 7.63. The van der Waals surface area contributed by atoms with Crippen LogP contribution in [0, 0.1) is 6.92 Å². The van der Waals surface area contributed by atoms with Crippen LogP contribution in [0.1, 0.15) is 26.3 Å². The predicted octanol–water partition coefficient (Wildman–Crippen LogP) is 4.55. The van der Waals surface area contributed by atoms with E-state index in [1.54, 1.807) is 0 Å². The average molecular weight is 422 g/mol. The number of rotatable bonds is 6. The first kappa shape index (κ1) is 20.7. The lowest BCUT2D eigenvalue weighted by Crippen LogP contribution is -2.43. The predicted molar refractivity (Wildman–Crippen MR) is 104 cm³/mol. The molecule has 1 rings (SSSR count). The maximum absolute atomic E-state index is 12.2. The Morgan fingerprint density at radius 2 is 1.83 bits per heavy atom. The number of nitrogens with zero attached hydrogens (tertiary/aromatic N) is 1. The number of aryl methyl sites for hydroxylation is 1. The zero-order chi connectivity index (χ0) is 18.1. The molecule has 4 nitrogen and oxygen atoms in total. The molecule has 0 aliphatic carbocycles. The van der Waals surface area contributed by atoms with Gasteiger partial charge >= 0.3 is 0 Å². The fraction of sp³-hybridized carbons (Fsp3) is 0.625. The van der Waals surface area contributed by atoms with Crippen LogP contribution in [0.4, 0.5) is 5.69 Å². The Hall–Kier alpha value is -0.373. The van der Waals surface area contributed by atoms with Crippen molar-refractivity contribution in [1.82, 2.24) is 0 Å². The molecule has 132 valence electrons. The molecule has 0 heterocycles. The number of hydrogen-bond donors (Lipinski definition) is 0. The molecule has 0 N–H and O–H groups in total. The smallest absolute Gasteiger partial charge is 0.232 e. The van der Waals surface area contributed by atoms with Gasteiger partial charge in [-0.15, -0.1) is 0 Å². The van der Waals surface area contributed by atoms with Crippen molar-refractivity contribution in [1.29, 1.82) is 0 Å². The molecule has 1 aromatic rings. The van der Waals surface area contributed by atoms with Gasteiger partial charge in [-0.05, 0) is 48.8 Å². The van der Waals surface area contributed by atoms with Gasteiger partial charge in [0.15, 0.2) is 8.32 Å². The fourth-order valence-corrected chi connectivity index (χ4v) is 4.05. The highest BCUT2D eigenvalue weighted by molar-refractivity contribution is 9.10. The van der Waals surface area contributed by atoms with Crippen molar-refractivity contribution in [2.45, 2.75) is 45.8 Å². The summed E-state index contributed by atoms with van der Waals surface area (Å²) in [4.78, 5) is 0. The summed E-state index contributed by atoms with van der Waals surface area (Å²) in [5, 5.41) is 0.108. The Balaban J connectivity index is 2.92. The molecule has 0 aliphatic heterocycles. The first-order chi connectivity index (χ1) is 10.3. The highest BCUT2D eigenvalue weighted by Gasteiger charge is 2.37. The number of hydrogen-bond acceptors (Lipinski definition) is 3. The molecular weight excluding hydrogens is 394 g/mol. The SMILES string of the molecule is Cc1cc(N(CCO[Si](C)(C)C(C)(C)C)S(C)(=O)=O)ccc1Br. The van der Waals surface area contributed by atoms with Gasteiger partial charge in [0, 0.05) is 4.47 Å². The van der Waals surface area contributed by atoms with Gasteiger partial charge in [0.1, 0.15) is 0 Å². The van der Waals surface area contributed by atoms with Crippen molar-refractivity contribution in [3.8, 4) is 0 Å². The Morgan fingerprint density at radius 1 is 1.26 bits per heavy atom. The quantitative estimate of drug-likeness (QED) is 0.632. The third-order valence-electron chi connectivity index (χ3n) is 4.39. The van der Waals surface area contributed by atoms with Crippen LogP contribution >= 0.6 is 15.9 Å². The lowest BCUT2D eigenvalue weighted by molar-refractivity contribution is 0.298. The molecule has 0 spiro atoms. The standard InChI is InChI=1S/C16H28BrNO3SSi/c1-13-12-14(8-9-15(13)17)18(22(5,19)20)10-11-21-23(6,7)16(2,3)4/h8-9,12H,10-11H2,1-7H3. The van der Waals surface area contributed by atoms with Crippen LogP contribution in [0.5, 0.6) is 0 Å². The largest absolute Gasteiger partial charge is 0.415 e. The lowest BCUT2D eigenvalue weighted by atomic mass is 10.2. The van der Waals surface area contributed by atoms with Crippen LogP contribution in [0.15, 0.2) is 22.7 Å². The molecule has 0 aromatic heterocycles. The van der Waals surface area contributed by atoms with Gasteiger partial charge < -0.3 is 4.43 Å². The van der Waals surface area contributed by atoms with Crippen LogP contribution in [-0.4, -0.2) is 36.1 Å². The van der Waals surface area contributed by atoms with Crippen LogP contribution in [0.2, 0.25) is 18.1 Å². The van der Waals surface area contributed by atoms with Crippen molar-refractivity contribution in [3.05, 3.63) is 28.2 Å². The fourth-order valence-electron chi connectivity index (χ4n) is 1.87. The second kappa shape index (κ2) is 7.25. The maximum Gasteiger partial charge on any atom is 0.232 e. The van der Waals surface area contributed by atoms with E-state index in [4.69, 9.17) is 4.43 Å². The van der Waals surface area contributed by atoms with Gasteiger partial charge in [-0.3, -0.25) is 4.31 Å². The molecule has 0 aliphatic rings. The molecule has 0 saturated carbocycles. The van der Waals surface area contributed by atoms with Crippen LogP contribution in [0.25, 0.3) is 0 Å². The van der Waals surface area contributed by atoms with E-state index in [0.717, 1.165) is 10.0 Å². The summed E-state index contributed by atoms with van der Waals surface area (Å²) in [6.07, 6.45) is 1.23. The third-order valence-corrected chi connectivity index (χ3v) is 11.0. The van der Waals surface area contributed by atoms with Crippen molar-refractivity contribution in [2.75, 3.05) is 23.7 Å². The second-order valence-electron chi connectivity index (χ2n) is 7.38. The van der Waals surface area contributed by atoms with E-state index in [0.29, 0.717) is 18.8 Å². The van der Waals surface area contributed by atoms with Gasteiger partial charge in [0.2, 0.25) is 10.0 Å². The third kappa shape index (κ3) is 5.58. The Bertz CT molecular complexity index is 654. The van der Waals surface area contributed by atoms with E-state index in [9.17, 15) is 8.42 Å².